The monoisotopic (exact) mass is 439 g/mol. The third-order valence-corrected chi connectivity index (χ3v) is 5.35. The van der Waals surface area contributed by atoms with Crippen LogP contribution in [0.5, 0.6) is 0 Å². The summed E-state index contributed by atoms with van der Waals surface area (Å²) in [5.41, 5.74) is 4.44. The molecule has 0 saturated heterocycles. The fraction of sp³-hybridized carbons (Fsp3) is 0.0909. The van der Waals surface area contributed by atoms with Crippen molar-refractivity contribution in [1.29, 1.82) is 0 Å². The van der Waals surface area contributed by atoms with Crippen LogP contribution in [0.2, 0.25) is 0 Å². The van der Waals surface area contributed by atoms with Gasteiger partial charge in [-0.3, -0.25) is 5.43 Å². The second-order valence-corrected chi connectivity index (χ2v) is 6.27. The molecular weight excluding hydrogens is 432 g/mol. The minimum absolute atomic E-state index is 0.283. The highest BCUT2D eigenvalue weighted by atomic mass is 127. The number of aryl methyl sites for hydroxylation is 1. The number of rotatable bonds is 3. The van der Waals surface area contributed by atoms with Crippen LogP contribution in [-0.2, 0) is 0 Å². The van der Waals surface area contributed by atoms with Crippen LogP contribution in [0.3, 0.4) is 0 Å². The molecule has 0 aliphatic heterocycles. The number of benzene rings is 1. The van der Waals surface area contributed by atoms with Crippen molar-refractivity contribution in [3.63, 3.8) is 0 Å². The molecule has 0 fully saturated rings. The minimum atomic E-state index is -0.283. The lowest BCUT2D eigenvalue weighted by atomic mass is 10.2. The molecule has 1 heterocycles. The molecule has 0 bridgehead atoms. The van der Waals surface area contributed by atoms with Crippen molar-refractivity contribution >= 4 is 61.2 Å². The molecule has 0 aliphatic rings. The predicted molar refractivity (Wildman–Crippen MR) is 84.9 cm³/mol. The Morgan fingerprint density at radius 3 is 3.00 bits per heavy atom. The number of aromatic nitrogens is 1. The van der Waals surface area contributed by atoms with E-state index in [2.05, 4.69) is 54.0 Å². The van der Waals surface area contributed by atoms with E-state index in [1.165, 1.54) is 23.5 Å². The number of hydrogen-bond acceptors (Lipinski definition) is 4. The molecule has 2 rings (SSSR count). The van der Waals surface area contributed by atoms with Gasteiger partial charge in [0.15, 0.2) is 0 Å². The Morgan fingerprint density at radius 1 is 1.56 bits per heavy atom. The van der Waals surface area contributed by atoms with Gasteiger partial charge in [0.2, 0.25) is 5.13 Å². The zero-order valence-electron chi connectivity index (χ0n) is 9.25. The lowest BCUT2D eigenvalue weighted by Gasteiger charge is -2.01. The Labute approximate surface area is 130 Å². The van der Waals surface area contributed by atoms with Gasteiger partial charge in [-0.05, 0) is 57.6 Å². The zero-order chi connectivity index (χ0) is 13.1. The fourth-order valence-corrected chi connectivity index (χ4v) is 2.81. The summed E-state index contributed by atoms with van der Waals surface area (Å²) >= 11 is 6.93. The van der Waals surface area contributed by atoms with Gasteiger partial charge in [0.1, 0.15) is 5.82 Å². The highest BCUT2D eigenvalue weighted by molar-refractivity contribution is 14.1. The average Bonchev–Trinajstić information content (AvgIpc) is 2.71. The number of nitrogens with one attached hydrogen (secondary N) is 1. The van der Waals surface area contributed by atoms with E-state index in [1.807, 2.05) is 12.3 Å². The van der Waals surface area contributed by atoms with Crippen molar-refractivity contribution in [1.82, 2.24) is 4.98 Å². The second kappa shape index (κ2) is 6.07. The zero-order valence-corrected chi connectivity index (χ0v) is 13.8. The molecule has 7 heteroatoms. The molecule has 94 valence electrons. The molecule has 0 unspecified atom stereocenters. The van der Waals surface area contributed by atoms with Gasteiger partial charge >= 0.3 is 0 Å². The molecule has 2 aromatic rings. The van der Waals surface area contributed by atoms with Crippen LogP contribution in [0.15, 0.2) is 27.1 Å². The average molecular weight is 440 g/mol. The van der Waals surface area contributed by atoms with Crippen molar-refractivity contribution in [3.05, 3.63) is 42.6 Å². The van der Waals surface area contributed by atoms with E-state index in [4.69, 9.17) is 0 Å². The summed E-state index contributed by atoms with van der Waals surface area (Å²) in [6.45, 7) is 1.91. The summed E-state index contributed by atoms with van der Waals surface area (Å²) < 4.78 is 14.9. The summed E-state index contributed by atoms with van der Waals surface area (Å²) in [7, 11) is 0. The third kappa shape index (κ3) is 3.48. The molecule has 3 nitrogen and oxygen atoms in total. The maximum Gasteiger partial charge on any atom is 0.203 e. The van der Waals surface area contributed by atoms with Gasteiger partial charge in [0.25, 0.3) is 0 Å². The standard InChI is InChI=1S/C11H8BrFIN3S/c1-6-5-18-11(16-6)17-15-4-7-2-8(13)3-9(14)10(7)12/h2-5H,1H3,(H,16,17). The highest BCUT2D eigenvalue weighted by Gasteiger charge is 2.05. The Balaban J connectivity index is 2.14. The van der Waals surface area contributed by atoms with Gasteiger partial charge < -0.3 is 0 Å². The van der Waals surface area contributed by atoms with E-state index >= 15 is 0 Å². The van der Waals surface area contributed by atoms with Crippen molar-refractivity contribution in [2.45, 2.75) is 6.92 Å². The van der Waals surface area contributed by atoms with E-state index in [1.54, 1.807) is 6.21 Å². The van der Waals surface area contributed by atoms with Crippen LogP contribution in [0.1, 0.15) is 11.3 Å². The minimum Gasteiger partial charge on any atom is -0.253 e. The summed E-state index contributed by atoms with van der Waals surface area (Å²) in [6, 6.07) is 2.88. The maximum absolute atomic E-state index is 13.2. The Morgan fingerprint density at radius 2 is 2.33 bits per heavy atom. The number of halogens is 3. The van der Waals surface area contributed by atoms with Crippen molar-refractivity contribution < 1.29 is 4.39 Å². The lowest BCUT2D eigenvalue weighted by Crippen LogP contribution is -1.93. The Hall–Kier alpha value is -0.540. The van der Waals surface area contributed by atoms with Crippen molar-refractivity contribution in [2.24, 2.45) is 5.10 Å². The number of thiazole rings is 1. The van der Waals surface area contributed by atoms with E-state index in [0.717, 1.165) is 13.7 Å². The summed E-state index contributed by atoms with van der Waals surface area (Å²) in [5.74, 6) is -0.283. The second-order valence-electron chi connectivity index (χ2n) is 3.45. The molecule has 0 radical (unpaired) electrons. The summed E-state index contributed by atoms with van der Waals surface area (Å²) in [4.78, 5) is 4.21. The Bertz CT molecular complexity index is 600. The fourth-order valence-electron chi connectivity index (χ4n) is 1.23. The van der Waals surface area contributed by atoms with Gasteiger partial charge in [0.05, 0.1) is 11.9 Å². The first kappa shape index (κ1) is 13.9. The molecule has 1 N–H and O–H groups in total. The molecule has 0 amide bonds. The quantitative estimate of drug-likeness (QED) is 0.333. The smallest absolute Gasteiger partial charge is 0.203 e. The van der Waals surface area contributed by atoms with E-state index in [-0.39, 0.29) is 5.82 Å². The SMILES string of the molecule is Cc1csc(NN=Cc2cc(F)cc(I)c2Br)n1. The number of anilines is 1. The van der Waals surface area contributed by atoms with Crippen LogP contribution >= 0.6 is 49.9 Å². The maximum atomic E-state index is 13.2. The van der Waals surface area contributed by atoms with Gasteiger partial charge in [0, 0.05) is 19.0 Å². The normalized spacial score (nSPS) is 11.1. The first-order chi connectivity index (χ1) is 8.56. The third-order valence-electron chi connectivity index (χ3n) is 2.00. The highest BCUT2D eigenvalue weighted by Crippen LogP contribution is 2.24. The summed E-state index contributed by atoms with van der Waals surface area (Å²) in [6.07, 6.45) is 1.56. The van der Waals surface area contributed by atoms with E-state index < -0.39 is 0 Å². The van der Waals surface area contributed by atoms with Gasteiger partial charge in [-0.15, -0.1) is 11.3 Å². The Kier molecular flexibility index (Phi) is 4.68. The first-order valence-corrected chi connectivity index (χ1v) is 7.67. The topological polar surface area (TPSA) is 37.3 Å². The lowest BCUT2D eigenvalue weighted by molar-refractivity contribution is 0.626. The molecule has 0 spiro atoms. The molecule has 1 aromatic carbocycles. The molecule has 18 heavy (non-hydrogen) atoms. The number of hydrogen-bond donors (Lipinski definition) is 1. The summed E-state index contributed by atoms with van der Waals surface area (Å²) in [5, 5.41) is 6.68. The molecular formula is C11H8BrFIN3S. The predicted octanol–water partition coefficient (Wildman–Crippen LogP) is 4.40. The molecule has 0 saturated carbocycles. The van der Waals surface area contributed by atoms with Crippen LogP contribution in [0.25, 0.3) is 0 Å². The molecule has 0 atom stereocenters. The largest absolute Gasteiger partial charge is 0.253 e. The van der Waals surface area contributed by atoms with Crippen molar-refractivity contribution in [2.75, 3.05) is 5.43 Å². The van der Waals surface area contributed by atoms with Crippen LogP contribution < -0.4 is 5.43 Å². The first-order valence-electron chi connectivity index (χ1n) is 4.92. The van der Waals surface area contributed by atoms with Crippen LogP contribution in [-0.4, -0.2) is 11.2 Å². The van der Waals surface area contributed by atoms with Crippen LogP contribution in [0.4, 0.5) is 9.52 Å². The molecule has 1 aromatic heterocycles. The van der Waals surface area contributed by atoms with E-state index in [9.17, 15) is 4.39 Å². The van der Waals surface area contributed by atoms with Gasteiger partial charge in [-0.2, -0.15) is 5.10 Å². The van der Waals surface area contributed by atoms with Crippen molar-refractivity contribution in [3.8, 4) is 0 Å². The molecule has 0 aliphatic carbocycles. The van der Waals surface area contributed by atoms with Gasteiger partial charge in [-0.1, -0.05) is 0 Å². The van der Waals surface area contributed by atoms with Gasteiger partial charge in [-0.25, -0.2) is 9.37 Å². The number of nitrogens with zero attached hydrogens (tertiary/aromatic N) is 2. The van der Waals surface area contributed by atoms with E-state index in [0.29, 0.717) is 10.7 Å². The number of hydrazone groups is 1. The van der Waals surface area contributed by atoms with Crippen LogP contribution in [0, 0.1) is 16.3 Å².